The number of hydrogen-bond acceptors (Lipinski definition) is 4. The van der Waals surface area contributed by atoms with E-state index in [-0.39, 0.29) is 24.2 Å². The molecule has 2 rings (SSSR count). The summed E-state index contributed by atoms with van der Waals surface area (Å²) >= 11 is 1.36. The summed E-state index contributed by atoms with van der Waals surface area (Å²) in [5.74, 6) is -0.338. The van der Waals surface area contributed by atoms with E-state index in [1.165, 1.54) is 11.3 Å². The van der Waals surface area contributed by atoms with E-state index < -0.39 is 6.04 Å². The quantitative estimate of drug-likeness (QED) is 0.763. The third-order valence-electron chi connectivity index (χ3n) is 3.17. The van der Waals surface area contributed by atoms with E-state index in [2.05, 4.69) is 16.0 Å². The van der Waals surface area contributed by atoms with Crippen molar-refractivity contribution in [3.63, 3.8) is 0 Å². The molecule has 0 saturated carbocycles. The predicted molar refractivity (Wildman–Crippen MR) is 82.5 cm³/mol. The molecule has 0 aliphatic carbocycles. The molecule has 1 aliphatic rings. The molecule has 2 amide bonds. The topological polar surface area (TPSA) is 70.2 Å². The number of amides is 2. The van der Waals surface area contributed by atoms with Crippen LogP contribution in [0.15, 0.2) is 17.5 Å². The fourth-order valence-corrected chi connectivity index (χ4v) is 2.68. The summed E-state index contributed by atoms with van der Waals surface area (Å²) in [6.45, 7) is 3.34. The van der Waals surface area contributed by atoms with E-state index in [0.717, 1.165) is 19.4 Å². The van der Waals surface area contributed by atoms with E-state index in [4.69, 9.17) is 0 Å². The lowest BCUT2D eigenvalue weighted by Gasteiger charge is -2.16. The van der Waals surface area contributed by atoms with Crippen molar-refractivity contribution in [1.29, 1.82) is 0 Å². The van der Waals surface area contributed by atoms with E-state index in [1.54, 1.807) is 13.0 Å². The lowest BCUT2D eigenvalue weighted by Crippen LogP contribution is -2.47. The zero-order chi connectivity index (χ0) is 13.7. The maximum Gasteiger partial charge on any atom is 0.261 e. The molecule has 3 N–H and O–H groups in total. The molecule has 0 spiro atoms. The molecule has 0 aromatic carbocycles. The van der Waals surface area contributed by atoms with Gasteiger partial charge >= 0.3 is 0 Å². The van der Waals surface area contributed by atoms with Crippen molar-refractivity contribution in [2.45, 2.75) is 31.8 Å². The Morgan fingerprint density at radius 2 is 2.35 bits per heavy atom. The van der Waals surface area contributed by atoms with Gasteiger partial charge in [-0.2, -0.15) is 0 Å². The van der Waals surface area contributed by atoms with E-state index in [9.17, 15) is 9.59 Å². The smallest absolute Gasteiger partial charge is 0.261 e. The predicted octanol–water partition coefficient (Wildman–Crippen LogP) is 1.16. The Kier molecular flexibility index (Phi) is 6.98. The van der Waals surface area contributed by atoms with Crippen LogP contribution in [0.4, 0.5) is 0 Å². The molecule has 2 unspecified atom stereocenters. The molecule has 2 atom stereocenters. The lowest BCUT2D eigenvalue weighted by molar-refractivity contribution is -0.122. The molecule has 5 nitrogen and oxygen atoms in total. The second-order valence-electron chi connectivity index (χ2n) is 4.71. The van der Waals surface area contributed by atoms with Gasteiger partial charge in [-0.1, -0.05) is 6.07 Å². The summed E-state index contributed by atoms with van der Waals surface area (Å²) < 4.78 is 0. The van der Waals surface area contributed by atoms with Crippen LogP contribution in [0, 0.1) is 0 Å². The summed E-state index contributed by atoms with van der Waals surface area (Å²) in [4.78, 5) is 24.3. The summed E-state index contributed by atoms with van der Waals surface area (Å²) in [7, 11) is 0. The van der Waals surface area contributed by atoms with E-state index in [1.807, 2.05) is 11.4 Å². The first kappa shape index (κ1) is 16.9. The van der Waals surface area contributed by atoms with Crippen LogP contribution in [0.25, 0.3) is 0 Å². The number of carbonyl (C=O) groups excluding carboxylic acids is 2. The number of halogens is 1. The van der Waals surface area contributed by atoms with Crippen molar-refractivity contribution in [3.05, 3.63) is 22.4 Å². The molecular weight excluding hydrogens is 298 g/mol. The fraction of sp³-hybridized carbons (Fsp3) is 0.538. The minimum absolute atomic E-state index is 0. The average molecular weight is 318 g/mol. The van der Waals surface area contributed by atoms with Crippen LogP contribution in [-0.4, -0.2) is 37.0 Å². The van der Waals surface area contributed by atoms with E-state index in [0.29, 0.717) is 17.5 Å². The van der Waals surface area contributed by atoms with Crippen LogP contribution in [0.2, 0.25) is 0 Å². The second kappa shape index (κ2) is 8.24. The van der Waals surface area contributed by atoms with E-state index >= 15 is 0 Å². The van der Waals surface area contributed by atoms with Gasteiger partial charge in [0.05, 0.1) is 4.88 Å². The first-order valence-corrected chi connectivity index (χ1v) is 7.40. The van der Waals surface area contributed by atoms with Crippen molar-refractivity contribution in [2.24, 2.45) is 0 Å². The SMILES string of the molecule is CC(NC(=O)c1cccs1)C(=O)NCC1CCCN1.Cl. The molecule has 7 heteroatoms. The Morgan fingerprint density at radius 1 is 1.55 bits per heavy atom. The standard InChI is InChI=1S/C13H19N3O2S.ClH/c1-9(16-13(18)11-5-3-7-19-11)12(17)15-8-10-4-2-6-14-10;/h3,5,7,9-10,14H,2,4,6,8H2,1H3,(H,15,17)(H,16,18);1H. The highest BCUT2D eigenvalue weighted by molar-refractivity contribution is 7.12. The summed E-state index contributed by atoms with van der Waals surface area (Å²) in [5, 5.41) is 10.7. The fourth-order valence-electron chi connectivity index (χ4n) is 2.05. The molecule has 0 radical (unpaired) electrons. The van der Waals surface area contributed by atoms with Gasteiger partial charge in [0.15, 0.2) is 0 Å². The van der Waals surface area contributed by atoms with Gasteiger partial charge in [-0.05, 0) is 37.8 Å². The van der Waals surface area contributed by atoms with Crippen molar-refractivity contribution >= 4 is 35.6 Å². The van der Waals surface area contributed by atoms with Gasteiger partial charge in [-0.3, -0.25) is 9.59 Å². The number of hydrogen-bond donors (Lipinski definition) is 3. The van der Waals surface area contributed by atoms with Crippen molar-refractivity contribution in [3.8, 4) is 0 Å². The van der Waals surface area contributed by atoms with Crippen LogP contribution in [0.3, 0.4) is 0 Å². The molecule has 1 aromatic heterocycles. The number of thiophene rings is 1. The van der Waals surface area contributed by atoms with Gasteiger partial charge in [0, 0.05) is 12.6 Å². The third-order valence-corrected chi connectivity index (χ3v) is 4.04. The van der Waals surface area contributed by atoms with Crippen LogP contribution >= 0.6 is 23.7 Å². The normalized spacial score (nSPS) is 18.9. The minimum Gasteiger partial charge on any atom is -0.353 e. The highest BCUT2D eigenvalue weighted by Gasteiger charge is 2.19. The van der Waals surface area contributed by atoms with Gasteiger partial charge in [-0.25, -0.2) is 0 Å². The molecule has 1 aromatic rings. The number of nitrogens with one attached hydrogen (secondary N) is 3. The highest BCUT2D eigenvalue weighted by Crippen LogP contribution is 2.08. The van der Waals surface area contributed by atoms with Crippen LogP contribution in [0.5, 0.6) is 0 Å². The molecule has 20 heavy (non-hydrogen) atoms. The third kappa shape index (κ3) is 4.77. The monoisotopic (exact) mass is 317 g/mol. The Balaban J connectivity index is 0.00000200. The summed E-state index contributed by atoms with van der Waals surface area (Å²) in [6.07, 6.45) is 2.25. The van der Waals surface area contributed by atoms with Crippen molar-refractivity contribution in [2.75, 3.05) is 13.1 Å². The molecular formula is C13H20ClN3O2S. The molecule has 0 bridgehead atoms. The molecule has 112 valence electrons. The van der Waals surface area contributed by atoms with Crippen molar-refractivity contribution < 1.29 is 9.59 Å². The van der Waals surface area contributed by atoms with Gasteiger partial charge in [0.1, 0.15) is 6.04 Å². The maximum absolute atomic E-state index is 11.9. The van der Waals surface area contributed by atoms with Gasteiger partial charge in [0.25, 0.3) is 5.91 Å². The van der Waals surface area contributed by atoms with Crippen molar-refractivity contribution in [1.82, 2.24) is 16.0 Å². The summed E-state index contributed by atoms with van der Waals surface area (Å²) in [6, 6.07) is 3.41. The first-order chi connectivity index (χ1) is 9.16. The minimum atomic E-state index is -0.518. The summed E-state index contributed by atoms with van der Waals surface area (Å²) in [5.41, 5.74) is 0. The van der Waals surface area contributed by atoms with Crippen LogP contribution < -0.4 is 16.0 Å². The van der Waals surface area contributed by atoms with Crippen LogP contribution in [0.1, 0.15) is 29.4 Å². The lowest BCUT2D eigenvalue weighted by atomic mass is 10.2. The maximum atomic E-state index is 11.9. The highest BCUT2D eigenvalue weighted by atomic mass is 35.5. The Bertz CT molecular complexity index is 433. The zero-order valence-electron chi connectivity index (χ0n) is 11.3. The Hall–Kier alpha value is -1.11. The van der Waals surface area contributed by atoms with Gasteiger partial charge < -0.3 is 16.0 Å². The van der Waals surface area contributed by atoms with Gasteiger partial charge in [0.2, 0.25) is 5.91 Å². The molecule has 1 aliphatic heterocycles. The largest absolute Gasteiger partial charge is 0.353 e. The van der Waals surface area contributed by atoms with Crippen LogP contribution in [-0.2, 0) is 4.79 Å². The number of carbonyl (C=O) groups is 2. The molecule has 1 fully saturated rings. The Morgan fingerprint density at radius 3 is 2.95 bits per heavy atom. The second-order valence-corrected chi connectivity index (χ2v) is 5.66. The molecule has 2 heterocycles. The number of rotatable bonds is 5. The zero-order valence-corrected chi connectivity index (χ0v) is 13.0. The Labute approximate surface area is 128 Å². The average Bonchev–Trinajstić information content (AvgIpc) is 3.08. The first-order valence-electron chi connectivity index (χ1n) is 6.52. The van der Waals surface area contributed by atoms with Gasteiger partial charge in [-0.15, -0.1) is 23.7 Å². The molecule has 1 saturated heterocycles.